The Labute approximate surface area is 335 Å². The fraction of sp³-hybridized carbons (Fsp3) is 0.447. The number of thioether (sulfide) groups is 1. The lowest BCUT2D eigenvalue weighted by Crippen LogP contribution is -2.59. The van der Waals surface area contributed by atoms with Crippen LogP contribution in [0.5, 0.6) is 0 Å². The molecule has 18 nitrogen and oxygen atoms in total. The molecule has 0 aliphatic heterocycles. The van der Waals surface area contributed by atoms with Crippen LogP contribution >= 0.6 is 11.8 Å². The summed E-state index contributed by atoms with van der Waals surface area (Å²) in [5.74, 6) is -8.59. The quantitative estimate of drug-likeness (QED) is 0.0604. The van der Waals surface area contributed by atoms with E-state index >= 15 is 0 Å². The molecule has 0 unspecified atom stereocenters. The number of rotatable bonds is 23. The summed E-state index contributed by atoms with van der Waals surface area (Å²) in [6.45, 7) is 3.08. The number of primary amides is 2. The van der Waals surface area contributed by atoms with Crippen molar-refractivity contribution in [3.05, 3.63) is 71.8 Å². The van der Waals surface area contributed by atoms with Crippen LogP contribution in [-0.4, -0.2) is 119 Å². The van der Waals surface area contributed by atoms with Crippen LogP contribution in [0, 0.1) is 5.92 Å². The zero-order chi connectivity index (χ0) is 42.7. The van der Waals surface area contributed by atoms with Gasteiger partial charge in [0.2, 0.25) is 35.4 Å². The standard InChI is InChI=1S/C38H52N8O10S/c1-22(2)17-26(34(52)43-25(32(39)50)15-16-57-4)42-30(47)21-41-36(54)29(19-24-13-9-6-10-14-24)46(3)38(56)28(18-23-11-7-5-8-12-23)45-35(53)27(20-31(48)49)44-37(55)33(40)51/h5-14,22,25-29H,15-21H2,1-4H3,(H2,39,50)(H2,40,51)(H,41,54)(H,42,47)(H,43,52)(H,44,55)(H,45,53)(H,48,49)/t25-,26-,27-,28-,29-/m0/s1. The van der Waals surface area contributed by atoms with E-state index in [1.807, 2.05) is 25.4 Å². The van der Waals surface area contributed by atoms with Gasteiger partial charge in [0.25, 0.3) is 0 Å². The molecule has 2 aromatic carbocycles. The van der Waals surface area contributed by atoms with Crippen LogP contribution < -0.4 is 38.1 Å². The van der Waals surface area contributed by atoms with Crippen LogP contribution in [0.4, 0.5) is 0 Å². The fourth-order valence-electron chi connectivity index (χ4n) is 5.60. The number of carbonyl (C=O) groups excluding carboxylic acids is 8. The molecule has 0 bridgehead atoms. The van der Waals surface area contributed by atoms with E-state index in [9.17, 15) is 48.3 Å². The number of hydrogen-bond acceptors (Lipinski definition) is 10. The van der Waals surface area contributed by atoms with Gasteiger partial charge in [-0.05, 0) is 41.9 Å². The Morgan fingerprint density at radius 2 is 1.26 bits per heavy atom. The van der Waals surface area contributed by atoms with Gasteiger partial charge in [0.15, 0.2) is 0 Å². The highest BCUT2D eigenvalue weighted by atomic mass is 32.2. The Morgan fingerprint density at radius 3 is 1.77 bits per heavy atom. The molecule has 0 aromatic heterocycles. The van der Waals surface area contributed by atoms with Gasteiger partial charge in [-0.25, -0.2) is 0 Å². The molecule has 0 heterocycles. The zero-order valence-electron chi connectivity index (χ0n) is 32.3. The predicted octanol–water partition coefficient (Wildman–Crippen LogP) is -1.40. The lowest BCUT2D eigenvalue weighted by molar-refractivity contribution is -0.144. The van der Waals surface area contributed by atoms with Crippen LogP contribution in [0.3, 0.4) is 0 Å². The first-order valence-corrected chi connectivity index (χ1v) is 19.4. The van der Waals surface area contributed by atoms with Gasteiger partial charge in [-0.1, -0.05) is 74.5 Å². The Bertz CT molecular complexity index is 1730. The number of benzene rings is 2. The Balaban J connectivity index is 2.36. The van der Waals surface area contributed by atoms with E-state index in [4.69, 9.17) is 11.5 Å². The van der Waals surface area contributed by atoms with Gasteiger partial charge in [0, 0.05) is 19.9 Å². The Hall–Kier alpha value is -5.98. The maximum atomic E-state index is 14.3. The summed E-state index contributed by atoms with van der Waals surface area (Å²) in [5, 5.41) is 21.5. The molecule has 0 aliphatic carbocycles. The van der Waals surface area contributed by atoms with Gasteiger partial charge < -0.3 is 48.1 Å². The molecule has 0 aliphatic rings. The first kappa shape index (κ1) is 47.2. The third-order valence-corrected chi connectivity index (χ3v) is 9.21. The third kappa shape index (κ3) is 16.7. The first-order chi connectivity index (χ1) is 26.9. The minimum atomic E-state index is -1.79. The smallest absolute Gasteiger partial charge is 0.309 e. The van der Waals surface area contributed by atoms with Gasteiger partial charge in [0.05, 0.1) is 13.0 Å². The average Bonchev–Trinajstić information content (AvgIpc) is 3.16. The van der Waals surface area contributed by atoms with Gasteiger partial charge >= 0.3 is 17.8 Å². The van der Waals surface area contributed by atoms with Crippen LogP contribution in [-0.2, 0) is 56.0 Å². The molecule has 10 N–H and O–H groups in total. The van der Waals surface area contributed by atoms with Crippen molar-refractivity contribution in [1.29, 1.82) is 0 Å². The van der Waals surface area contributed by atoms with Gasteiger partial charge in [0.1, 0.15) is 30.2 Å². The van der Waals surface area contributed by atoms with Crippen LogP contribution in [0.25, 0.3) is 0 Å². The highest BCUT2D eigenvalue weighted by molar-refractivity contribution is 7.98. The van der Waals surface area contributed by atoms with E-state index in [1.165, 1.54) is 18.8 Å². The molecule has 0 spiro atoms. The lowest BCUT2D eigenvalue weighted by Gasteiger charge is -2.32. The summed E-state index contributed by atoms with van der Waals surface area (Å²) in [6, 6.07) is 10.6. The number of carboxylic acids is 1. The Kier molecular flexibility index (Phi) is 19.7. The summed E-state index contributed by atoms with van der Waals surface area (Å²) in [6.07, 6.45) is 1.22. The van der Waals surface area contributed by atoms with E-state index in [0.29, 0.717) is 23.3 Å². The van der Waals surface area contributed by atoms with Crippen molar-refractivity contribution in [3.63, 3.8) is 0 Å². The Morgan fingerprint density at radius 1 is 0.719 bits per heavy atom. The fourth-order valence-corrected chi connectivity index (χ4v) is 6.08. The van der Waals surface area contributed by atoms with Crippen LogP contribution in [0.2, 0.25) is 0 Å². The number of aliphatic carboxylic acids is 1. The van der Waals surface area contributed by atoms with Crippen molar-refractivity contribution in [1.82, 2.24) is 31.5 Å². The molecule has 19 heteroatoms. The van der Waals surface area contributed by atoms with Crippen molar-refractivity contribution in [2.45, 2.75) is 76.2 Å². The second-order valence-electron chi connectivity index (χ2n) is 13.6. The number of carboxylic acid groups (broad SMARTS) is 1. The minimum absolute atomic E-state index is 0.0399. The monoisotopic (exact) mass is 812 g/mol. The second kappa shape index (κ2) is 23.8. The second-order valence-corrected chi connectivity index (χ2v) is 14.6. The maximum Gasteiger partial charge on any atom is 0.309 e. The minimum Gasteiger partial charge on any atom is -0.481 e. The number of nitrogens with one attached hydrogen (secondary N) is 5. The van der Waals surface area contributed by atoms with E-state index in [-0.39, 0.29) is 25.2 Å². The molecule has 0 radical (unpaired) electrons. The molecule has 0 saturated heterocycles. The number of hydrogen-bond donors (Lipinski definition) is 8. The average molecular weight is 813 g/mol. The molecule has 8 amide bonds. The van der Waals surface area contributed by atoms with Gasteiger partial charge in [-0.3, -0.25) is 43.2 Å². The van der Waals surface area contributed by atoms with Crippen molar-refractivity contribution in [3.8, 4) is 0 Å². The summed E-state index contributed by atoms with van der Waals surface area (Å²) >= 11 is 1.47. The zero-order valence-corrected chi connectivity index (χ0v) is 33.1. The molecular formula is C38H52N8O10S. The van der Waals surface area contributed by atoms with Crippen molar-refractivity contribution in [2.24, 2.45) is 17.4 Å². The maximum absolute atomic E-state index is 14.3. The molecule has 310 valence electrons. The molecule has 5 atom stereocenters. The molecule has 0 fully saturated rings. The number of likely N-dealkylation sites (N-methyl/N-ethyl adjacent to an activating group) is 1. The van der Waals surface area contributed by atoms with Crippen molar-refractivity contribution < 1.29 is 48.3 Å². The molecule has 2 aromatic rings. The molecular weight excluding hydrogens is 761 g/mol. The highest BCUT2D eigenvalue weighted by Gasteiger charge is 2.35. The van der Waals surface area contributed by atoms with Crippen LogP contribution in [0.1, 0.15) is 44.2 Å². The molecule has 2 rings (SSSR count). The molecule has 57 heavy (non-hydrogen) atoms. The van der Waals surface area contributed by atoms with E-state index in [0.717, 1.165) is 4.90 Å². The normalized spacial score (nSPS) is 13.4. The van der Waals surface area contributed by atoms with E-state index in [2.05, 4.69) is 21.3 Å². The predicted molar refractivity (Wildman–Crippen MR) is 211 cm³/mol. The lowest BCUT2D eigenvalue weighted by atomic mass is 10.0. The van der Waals surface area contributed by atoms with Crippen molar-refractivity contribution in [2.75, 3.05) is 25.6 Å². The third-order valence-electron chi connectivity index (χ3n) is 8.56. The summed E-state index contributed by atoms with van der Waals surface area (Å²) in [7, 11) is 1.32. The summed E-state index contributed by atoms with van der Waals surface area (Å²) in [5.41, 5.74) is 11.7. The SMILES string of the molecule is CSCC[C@H](NC(=O)[C@H](CC(C)C)NC(=O)CNC(=O)[C@H](Cc1ccccc1)N(C)C(=O)[C@H](Cc1ccccc1)NC(=O)[C@H](CC(=O)O)NC(=O)C(N)=O)C(N)=O. The summed E-state index contributed by atoms with van der Waals surface area (Å²) in [4.78, 5) is 116. The molecule has 0 saturated carbocycles. The number of nitrogens with two attached hydrogens (primary N) is 2. The van der Waals surface area contributed by atoms with Gasteiger partial charge in [-0.15, -0.1) is 0 Å². The number of carbonyl (C=O) groups is 9. The highest BCUT2D eigenvalue weighted by Crippen LogP contribution is 2.14. The largest absolute Gasteiger partial charge is 0.481 e. The van der Waals surface area contributed by atoms with E-state index in [1.54, 1.807) is 60.7 Å². The van der Waals surface area contributed by atoms with Crippen molar-refractivity contribution >= 4 is 65.0 Å². The van der Waals surface area contributed by atoms with E-state index < -0.39 is 96.4 Å². The van der Waals surface area contributed by atoms with Crippen LogP contribution in [0.15, 0.2) is 60.7 Å². The first-order valence-electron chi connectivity index (χ1n) is 18.1. The van der Waals surface area contributed by atoms with Gasteiger partial charge in [-0.2, -0.15) is 11.8 Å². The summed E-state index contributed by atoms with van der Waals surface area (Å²) < 4.78 is 0. The number of amides is 8. The number of nitrogens with zero attached hydrogens (tertiary/aromatic N) is 1. The topological polar surface area (TPSA) is 289 Å².